The summed E-state index contributed by atoms with van der Waals surface area (Å²) in [6.07, 6.45) is -0.620. The standard InChI is InChI=1S/C14H20ClNO3/c1-9(2)7-16-14(18)10(3)19-13-5-4-12(15)6-11(13)8-17/h4-6,9-10,17H,7-8H2,1-3H3,(H,16,18). The van der Waals surface area contributed by atoms with Gasteiger partial charge in [-0.2, -0.15) is 0 Å². The van der Waals surface area contributed by atoms with E-state index in [1.165, 1.54) is 0 Å². The average Bonchev–Trinajstić information content (AvgIpc) is 2.37. The number of halogens is 1. The van der Waals surface area contributed by atoms with Gasteiger partial charge in [-0.15, -0.1) is 0 Å². The maximum atomic E-state index is 11.8. The van der Waals surface area contributed by atoms with Crippen LogP contribution >= 0.6 is 11.6 Å². The molecule has 1 rings (SSSR count). The molecule has 0 bridgehead atoms. The van der Waals surface area contributed by atoms with Crippen LogP contribution in [0.15, 0.2) is 18.2 Å². The Kier molecular flexibility index (Phi) is 6.12. The zero-order valence-corrected chi connectivity index (χ0v) is 12.2. The van der Waals surface area contributed by atoms with E-state index in [1.807, 2.05) is 13.8 Å². The summed E-state index contributed by atoms with van der Waals surface area (Å²) in [7, 11) is 0. The van der Waals surface area contributed by atoms with Gasteiger partial charge in [0.25, 0.3) is 5.91 Å². The summed E-state index contributed by atoms with van der Waals surface area (Å²) < 4.78 is 5.55. The first-order valence-corrected chi connectivity index (χ1v) is 6.65. The highest BCUT2D eigenvalue weighted by Crippen LogP contribution is 2.23. The third kappa shape index (κ3) is 5.09. The molecule has 0 saturated carbocycles. The number of hydrogen-bond acceptors (Lipinski definition) is 3. The van der Waals surface area contributed by atoms with Crippen molar-refractivity contribution in [3.8, 4) is 5.75 Å². The molecule has 4 nitrogen and oxygen atoms in total. The predicted octanol–water partition coefficient (Wildman–Crippen LogP) is 2.37. The number of ether oxygens (including phenoxy) is 1. The Bertz CT molecular complexity index is 435. The number of aliphatic hydroxyl groups excluding tert-OH is 1. The normalized spacial score (nSPS) is 12.3. The van der Waals surface area contributed by atoms with E-state index in [-0.39, 0.29) is 12.5 Å². The van der Waals surface area contributed by atoms with Crippen LogP contribution in [0.3, 0.4) is 0 Å². The van der Waals surface area contributed by atoms with Gasteiger partial charge in [0.2, 0.25) is 0 Å². The van der Waals surface area contributed by atoms with Crippen molar-refractivity contribution in [1.82, 2.24) is 5.32 Å². The first kappa shape index (κ1) is 15.8. The molecule has 5 heteroatoms. The van der Waals surface area contributed by atoms with Gasteiger partial charge in [-0.05, 0) is 31.0 Å². The molecular weight excluding hydrogens is 266 g/mol. The molecule has 2 N–H and O–H groups in total. The van der Waals surface area contributed by atoms with Crippen molar-refractivity contribution in [1.29, 1.82) is 0 Å². The Hall–Kier alpha value is -1.26. The molecule has 0 fully saturated rings. The molecule has 1 amide bonds. The highest BCUT2D eigenvalue weighted by atomic mass is 35.5. The molecule has 1 aromatic rings. The van der Waals surface area contributed by atoms with Gasteiger partial charge in [0, 0.05) is 17.1 Å². The molecule has 0 radical (unpaired) electrons. The first-order valence-electron chi connectivity index (χ1n) is 6.27. The van der Waals surface area contributed by atoms with Crippen LogP contribution in [0.1, 0.15) is 26.3 Å². The summed E-state index contributed by atoms with van der Waals surface area (Å²) in [4.78, 5) is 11.8. The maximum absolute atomic E-state index is 11.8. The minimum atomic E-state index is -0.620. The van der Waals surface area contributed by atoms with Gasteiger partial charge in [0.15, 0.2) is 6.10 Å². The van der Waals surface area contributed by atoms with Crippen molar-refractivity contribution in [3.63, 3.8) is 0 Å². The van der Waals surface area contributed by atoms with Crippen LogP contribution in [0, 0.1) is 5.92 Å². The van der Waals surface area contributed by atoms with Crippen molar-refractivity contribution in [2.75, 3.05) is 6.54 Å². The molecule has 106 valence electrons. The molecule has 0 aliphatic heterocycles. The van der Waals surface area contributed by atoms with E-state index < -0.39 is 6.10 Å². The molecule has 1 atom stereocenters. The smallest absolute Gasteiger partial charge is 0.260 e. The van der Waals surface area contributed by atoms with Gasteiger partial charge in [0.05, 0.1) is 6.61 Å². The first-order chi connectivity index (χ1) is 8.93. The van der Waals surface area contributed by atoms with Gasteiger partial charge in [0.1, 0.15) is 5.75 Å². The van der Waals surface area contributed by atoms with E-state index in [0.717, 1.165) is 0 Å². The molecule has 0 aromatic heterocycles. The molecule has 0 heterocycles. The monoisotopic (exact) mass is 285 g/mol. The fraction of sp³-hybridized carbons (Fsp3) is 0.500. The summed E-state index contributed by atoms with van der Waals surface area (Å²) in [5.41, 5.74) is 0.566. The number of carbonyl (C=O) groups excluding carboxylic acids is 1. The molecule has 1 unspecified atom stereocenters. The lowest BCUT2D eigenvalue weighted by molar-refractivity contribution is -0.127. The Morgan fingerprint density at radius 3 is 2.68 bits per heavy atom. The van der Waals surface area contributed by atoms with Crippen LogP contribution in [0.2, 0.25) is 5.02 Å². The molecule has 0 saturated heterocycles. The Morgan fingerprint density at radius 1 is 1.42 bits per heavy atom. The van der Waals surface area contributed by atoms with E-state index in [0.29, 0.717) is 28.8 Å². The van der Waals surface area contributed by atoms with E-state index in [4.69, 9.17) is 16.3 Å². The minimum Gasteiger partial charge on any atom is -0.481 e. The van der Waals surface area contributed by atoms with Crippen molar-refractivity contribution in [2.24, 2.45) is 5.92 Å². The number of hydrogen-bond donors (Lipinski definition) is 2. The number of aliphatic hydroxyl groups is 1. The highest BCUT2D eigenvalue weighted by Gasteiger charge is 2.16. The predicted molar refractivity (Wildman–Crippen MR) is 75.3 cm³/mol. The van der Waals surface area contributed by atoms with Crippen molar-refractivity contribution >= 4 is 17.5 Å². The topological polar surface area (TPSA) is 58.6 Å². The maximum Gasteiger partial charge on any atom is 0.260 e. The number of carbonyl (C=O) groups is 1. The summed E-state index contributed by atoms with van der Waals surface area (Å²) in [5.74, 6) is 0.686. The Balaban J connectivity index is 2.65. The molecule has 0 aliphatic carbocycles. The van der Waals surface area contributed by atoms with Crippen molar-refractivity contribution in [2.45, 2.75) is 33.5 Å². The van der Waals surface area contributed by atoms with Gasteiger partial charge in [-0.1, -0.05) is 25.4 Å². The minimum absolute atomic E-state index is 0.174. The lowest BCUT2D eigenvalue weighted by Gasteiger charge is -2.17. The highest BCUT2D eigenvalue weighted by molar-refractivity contribution is 6.30. The summed E-state index contributed by atoms with van der Waals surface area (Å²) >= 11 is 5.83. The average molecular weight is 286 g/mol. The second-order valence-electron chi connectivity index (χ2n) is 4.81. The Labute approximate surface area is 118 Å². The van der Waals surface area contributed by atoms with Crippen LogP contribution < -0.4 is 10.1 Å². The van der Waals surface area contributed by atoms with Gasteiger partial charge in [-0.25, -0.2) is 0 Å². The number of rotatable bonds is 6. The largest absolute Gasteiger partial charge is 0.481 e. The van der Waals surface area contributed by atoms with Crippen LogP contribution in [-0.2, 0) is 11.4 Å². The molecule has 19 heavy (non-hydrogen) atoms. The van der Waals surface area contributed by atoms with Gasteiger partial charge < -0.3 is 15.2 Å². The molecular formula is C14H20ClNO3. The fourth-order valence-electron chi connectivity index (χ4n) is 1.48. The number of nitrogens with one attached hydrogen (secondary N) is 1. The lowest BCUT2D eigenvalue weighted by atomic mass is 10.2. The second-order valence-corrected chi connectivity index (χ2v) is 5.25. The SMILES string of the molecule is CC(C)CNC(=O)C(C)Oc1ccc(Cl)cc1CO. The third-order valence-corrected chi connectivity index (χ3v) is 2.79. The quantitative estimate of drug-likeness (QED) is 0.844. The third-order valence-electron chi connectivity index (χ3n) is 2.55. The van der Waals surface area contributed by atoms with Crippen LogP contribution in [0.5, 0.6) is 5.75 Å². The van der Waals surface area contributed by atoms with E-state index in [9.17, 15) is 9.90 Å². The van der Waals surface area contributed by atoms with Gasteiger partial charge in [-0.3, -0.25) is 4.79 Å². The molecule has 1 aromatic carbocycles. The summed E-state index contributed by atoms with van der Waals surface area (Å²) in [6.45, 7) is 6.14. The second kappa shape index (κ2) is 7.36. The zero-order valence-electron chi connectivity index (χ0n) is 11.4. The van der Waals surface area contributed by atoms with E-state index >= 15 is 0 Å². The number of benzene rings is 1. The Morgan fingerprint density at radius 2 is 2.11 bits per heavy atom. The van der Waals surface area contributed by atoms with Crippen LogP contribution in [0.25, 0.3) is 0 Å². The molecule has 0 aliphatic rings. The number of amides is 1. The fourth-order valence-corrected chi connectivity index (χ4v) is 1.67. The molecule has 0 spiro atoms. The van der Waals surface area contributed by atoms with Crippen LogP contribution in [0.4, 0.5) is 0 Å². The van der Waals surface area contributed by atoms with Crippen molar-refractivity contribution in [3.05, 3.63) is 28.8 Å². The summed E-state index contributed by atoms with van der Waals surface area (Å²) in [6, 6.07) is 4.94. The van der Waals surface area contributed by atoms with Crippen LogP contribution in [-0.4, -0.2) is 23.7 Å². The van der Waals surface area contributed by atoms with E-state index in [1.54, 1.807) is 25.1 Å². The van der Waals surface area contributed by atoms with Gasteiger partial charge >= 0.3 is 0 Å². The lowest BCUT2D eigenvalue weighted by Crippen LogP contribution is -2.38. The van der Waals surface area contributed by atoms with Crippen molar-refractivity contribution < 1.29 is 14.6 Å². The summed E-state index contributed by atoms with van der Waals surface area (Å²) in [5, 5.41) is 12.6. The van der Waals surface area contributed by atoms with E-state index in [2.05, 4.69) is 5.32 Å². The zero-order chi connectivity index (χ0) is 14.4.